The second-order valence-corrected chi connectivity index (χ2v) is 7.12. The van der Waals surface area contributed by atoms with Gasteiger partial charge >= 0.3 is 0 Å². The summed E-state index contributed by atoms with van der Waals surface area (Å²) in [6, 6.07) is 5.04. The molecule has 2 unspecified atom stereocenters. The van der Waals surface area contributed by atoms with Crippen molar-refractivity contribution in [2.45, 2.75) is 17.2 Å². The van der Waals surface area contributed by atoms with Crippen LogP contribution in [0.3, 0.4) is 0 Å². The third kappa shape index (κ3) is 2.53. The minimum Gasteiger partial charge on any atom is -0.385 e. The van der Waals surface area contributed by atoms with Crippen molar-refractivity contribution in [1.82, 2.24) is 0 Å². The lowest BCUT2D eigenvalue weighted by molar-refractivity contribution is 0.162. The maximum absolute atomic E-state index is 12.9. The average molecular weight is 267 g/mol. The lowest BCUT2D eigenvalue weighted by atomic mass is 10.1. The summed E-state index contributed by atoms with van der Waals surface area (Å²) in [4.78, 5) is 0. The first-order valence-electron chi connectivity index (χ1n) is 4.48. The second-order valence-electron chi connectivity index (χ2n) is 3.72. The monoisotopic (exact) mass is 266 g/mol. The van der Waals surface area contributed by atoms with Gasteiger partial charge in [0.1, 0.15) is 11.9 Å². The van der Waals surface area contributed by atoms with Gasteiger partial charge in [0.25, 0.3) is 0 Å². The van der Waals surface area contributed by atoms with Crippen molar-refractivity contribution >= 4 is 21.4 Å². The third-order valence-electron chi connectivity index (χ3n) is 2.38. The molecule has 1 rings (SSSR count). The SMILES string of the molecule is CC(Cl)(C(O)c1cccc(F)c1)S(C)(=O)=O. The molecule has 0 saturated heterocycles. The molecule has 6 heteroatoms. The molecule has 0 bridgehead atoms. The Hall–Kier alpha value is -0.650. The van der Waals surface area contributed by atoms with E-state index in [1.807, 2.05) is 0 Å². The van der Waals surface area contributed by atoms with Crippen molar-refractivity contribution < 1.29 is 17.9 Å². The molecule has 0 aliphatic carbocycles. The molecule has 0 aromatic heterocycles. The van der Waals surface area contributed by atoms with Crippen LogP contribution in [-0.4, -0.2) is 24.0 Å². The quantitative estimate of drug-likeness (QED) is 0.850. The molecular weight excluding hydrogens is 255 g/mol. The Morgan fingerprint density at radius 1 is 1.50 bits per heavy atom. The third-order valence-corrected chi connectivity index (χ3v) is 5.10. The van der Waals surface area contributed by atoms with E-state index < -0.39 is 26.0 Å². The molecule has 0 radical (unpaired) electrons. The lowest BCUT2D eigenvalue weighted by Crippen LogP contribution is -2.35. The molecule has 0 saturated carbocycles. The zero-order chi connectivity index (χ0) is 12.6. The van der Waals surface area contributed by atoms with Gasteiger partial charge < -0.3 is 5.11 Å². The maximum atomic E-state index is 12.9. The molecule has 0 spiro atoms. The van der Waals surface area contributed by atoms with E-state index in [0.717, 1.165) is 12.3 Å². The van der Waals surface area contributed by atoms with E-state index in [1.54, 1.807) is 0 Å². The summed E-state index contributed by atoms with van der Waals surface area (Å²) in [6.45, 7) is 1.18. The van der Waals surface area contributed by atoms with Gasteiger partial charge in [-0.2, -0.15) is 0 Å². The van der Waals surface area contributed by atoms with Crippen molar-refractivity contribution in [3.05, 3.63) is 35.6 Å². The predicted octanol–water partition coefficient (Wildman–Crippen LogP) is 1.86. The summed E-state index contributed by atoms with van der Waals surface area (Å²) in [5.41, 5.74) is 0.128. The first-order valence-corrected chi connectivity index (χ1v) is 6.75. The second kappa shape index (κ2) is 4.31. The van der Waals surface area contributed by atoms with Crippen LogP contribution in [0.25, 0.3) is 0 Å². The topological polar surface area (TPSA) is 54.4 Å². The Morgan fingerprint density at radius 2 is 2.06 bits per heavy atom. The molecule has 0 amide bonds. The van der Waals surface area contributed by atoms with Crippen molar-refractivity contribution in [1.29, 1.82) is 0 Å². The Labute approximate surface area is 98.8 Å². The van der Waals surface area contributed by atoms with Crippen LogP contribution in [0, 0.1) is 5.82 Å². The van der Waals surface area contributed by atoms with Crippen LogP contribution in [0.1, 0.15) is 18.6 Å². The average Bonchev–Trinajstić information content (AvgIpc) is 2.14. The van der Waals surface area contributed by atoms with Crippen LogP contribution in [0.15, 0.2) is 24.3 Å². The smallest absolute Gasteiger partial charge is 0.172 e. The first kappa shape index (κ1) is 13.4. The molecule has 1 N–H and O–H groups in total. The van der Waals surface area contributed by atoms with E-state index in [4.69, 9.17) is 11.6 Å². The van der Waals surface area contributed by atoms with Crippen molar-refractivity contribution in [3.63, 3.8) is 0 Å². The van der Waals surface area contributed by atoms with Crippen molar-refractivity contribution in [2.75, 3.05) is 6.26 Å². The van der Waals surface area contributed by atoms with E-state index >= 15 is 0 Å². The summed E-state index contributed by atoms with van der Waals surface area (Å²) in [5.74, 6) is -0.558. The van der Waals surface area contributed by atoms with E-state index in [2.05, 4.69) is 0 Å². The molecule has 3 nitrogen and oxygen atoms in total. The summed E-state index contributed by atoms with van der Waals surface area (Å²) >= 11 is 5.79. The standard InChI is InChI=1S/C10H12ClFO3S/c1-10(11,16(2,14)15)9(13)7-4-3-5-8(12)6-7/h3-6,9,13H,1-2H3. The van der Waals surface area contributed by atoms with Gasteiger partial charge in [0.15, 0.2) is 14.0 Å². The largest absolute Gasteiger partial charge is 0.385 e. The molecule has 1 aromatic rings. The fourth-order valence-corrected chi connectivity index (χ4v) is 1.84. The molecule has 0 fully saturated rings. The van der Waals surface area contributed by atoms with Crippen LogP contribution in [-0.2, 0) is 9.84 Å². The van der Waals surface area contributed by atoms with Crippen LogP contribution >= 0.6 is 11.6 Å². The number of aliphatic hydroxyl groups is 1. The number of hydrogen-bond donors (Lipinski definition) is 1. The Kier molecular flexibility index (Phi) is 3.62. The molecule has 90 valence electrons. The Bertz CT molecular complexity index is 485. The zero-order valence-electron chi connectivity index (χ0n) is 8.81. The highest BCUT2D eigenvalue weighted by Gasteiger charge is 2.41. The molecule has 0 aliphatic heterocycles. The number of halogens is 2. The van der Waals surface area contributed by atoms with Gasteiger partial charge in [0.2, 0.25) is 0 Å². The first-order chi connectivity index (χ1) is 7.16. The number of alkyl halides is 1. The highest BCUT2D eigenvalue weighted by molar-refractivity contribution is 7.93. The summed E-state index contributed by atoms with van der Waals surface area (Å²) < 4.78 is 33.8. The minimum absolute atomic E-state index is 0.128. The van der Waals surface area contributed by atoms with Crippen LogP contribution < -0.4 is 0 Å². The van der Waals surface area contributed by atoms with Crippen LogP contribution in [0.5, 0.6) is 0 Å². The lowest BCUT2D eigenvalue weighted by Gasteiger charge is -2.26. The van der Waals surface area contributed by atoms with Gasteiger partial charge in [0, 0.05) is 6.26 Å². The van der Waals surface area contributed by atoms with Gasteiger partial charge in [-0.15, -0.1) is 0 Å². The number of aliphatic hydroxyl groups excluding tert-OH is 1. The highest BCUT2D eigenvalue weighted by atomic mass is 35.5. The van der Waals surface area contributed by atoms with Crippen LogP contribution in [0.2, 0.25) is 0 Å². The molecule has 0 aliphatic rings. The summed E-state index contributed by atoms with van der Waals surface area (Å²) in [7, 11) is -3.67. The minimum atomic E-state index is -3.67. The fourth-order valence-electron chi connectivity index (χ4n) is 1.18. The number of benzene rings is 1. The van der Waals surface area contributed by atoms with E-state index in [9.17, 15) is 17.9 Å². The number of rotatable bonds is 3. The van der Waals surface area contributed by atoms with Crippen LogP contribution in [0.4, 0.5) is 4.39 Å². The predicted molar refractivity (Wildman–Crippen MR) is 60.5 cm³/mol. The molecular formula is C10H12ClFO3S. The van der Waals surface area contributed by atoms with Gasteiger partial charge in [-0.05, 0) is 24.6 Å². The molecule has 1 aromatic carbocycles. The van der Waals surface area contributed by atoms with Gasteiger partial charge in [0.05, 0.1) is 0 Å². The van der Waals surface area contributed by atoms with Gasteiger partial charge in [-0.1, -0.05) is 23.7 Å². The van der Waals surface area contributed by atoms with E-state index in [-0.39, 0.29) is 5.56 Å². The Morgan fingerprint density at radius 3 is 2.50 bits per heavy atom. The molecule has 0 heterocycles. The zero-order valence-corrected chi connectivity index (χ0v) is 10.4. The highest BCUT2D eigenvalue weighted by Crippen LogP contribution is 2.36. The van der Waals surface area contributed by atoms with Crippen molar-refractivity contribution in [2.24, 2.45) is 0 Å². The molecule has 2 atom stereocenters. The number of hydrogen-bond acceptors (Lipinski definition) is 3. The van der Waals surface area contributed by atoms with Crippen molar-refractivity contribution in [3.8, 4) is 0 Å². The fraction of sp³-hybridized carbons (Fsp3) is 0.400. The van der Waals surface area contributed by atoms with E-state index in [1.165, 1.54) is 25.1 Å². The summed E-state index contributed by atoms with van der Waals surface area (Å²) in [5, 5.41) is 9.83. The van der Waals surface area contributed by atoms with Gasteiger partial charge in [-0.3, -0.25) is 0 Å². The normalized spacial score (nSPS) is 17.8. The number of sulfone groups is 1. The molecule has 16 heavy (non-hydrogen) atoms. The van der Waals surface area contributed by atoms with E-state index in [0.29, 0.717) is 0 Å². The maximum Gasteiger partial charge on any atom is 0.172 e. The summed E-state index contributed by atoms with van der Waals surface area (Å²) in [6.07, 6.45) is -0.567. The Balaban J connectivity index is 3.17. The van der Waals surface area contributed by atoms with Gasteiger partial charge in [-0.25, -0.2) is 12.8 Å².